The third-order valence-corrected chi connectivity index (χ3v) is 3.85. The highest BCUT2D eigenvalue weighted by molar-refractivity contribution is 9.10. The van der Waals surface area contributed by atoms with Gasteiger partial charge in [-0.3, -0.25) is 11.3 Å². The first-order chi connectivity index (χ1) is 8.38. The van der Waals surface area contributed by atoms with Crippen LogP contribution in [0.5, 0.6) is 0 Å². The molecular weight excluding hydrogens is 316 g/mol. The number of hydrazine groups is 1. The van der Waals surface area contributed by atoms with Gasteiger partial charge in [0.2, 0.25) is 0 Å². The SMILES string of the molecule is COC(C)(C)CC(Cc1ccc(Br)cc1Cl)NN. The summed E-state index contributed by atoms with van der Waals surface area (Å²) in [6.07, 6.45) is 1.59. The van der Waals surface area contributed by atoms with E-state index in [9.17, 15) is 0 Å². The number of rotatable bonds is 6. The van der Waals surface area contributed by atoms with E-state index in [1.165, 1.54) is 0 Å². The van der Waals surface area contributed by atoms with E-state index in [0.717, 1.165) is 27.9 Å². The molecular formula is C13H20BrClN2O. The fourth-order valence-corrected chi connectivity index (χ4v) is 2.57. The molecule has 1 unspecified atom stereocenters. The Morgan fingerprint density at radius 2 is 2.17 bits per heavy atom. The molecule has 0 heterocycles. The molecule has 5 heteroatoms. The molecule has 1 rings (SSSR count). The molecule has 0 aliphatic carbocycles. The lowest BCUT2D eigenvalue weighted by molar-refractivity contribution is 0.00711. The van der Waals surface area contributed by atoms with Gasteiger partial charge in [0, 0.05) is 22.6 Å². The first kappa shape index (κ1) is 15.9. The van der Waals surface area contributed by atoms with Crippen LogP contribution >= 0.6 is 27.5 Å². The van der Waals surface area contributed by atoms with E-state index in [2.05, 4.69) is 21.4 Å². The maximum absolute atomic E-state index is 6.21. The predicted octanol–water partition coefficient (Wildman–Crippen LogP) is 3.29. The molecule has 1 atom stereocenters. The van der Waals surface area contributed by atoms with Crippen LogP contribution in [0.15, 0.2) is 22.7 Å². The Kier molecular flexibility index (Phi) is 6.08. The van der Waals surface area contributed by atoms with Crippen LogP contribution in [-0.2, 0) is 11.2 Å². The van der Waals surface area contributed by atoms with E-state index in [0.29, 0.717) is 0 Å². The first-order valence-corrected chi connectivity index (χ1v) is 7.00. The number of ether oxygens (including phenoxy) is 1. The quantitative estimate of drug-likeness (QED) is 0.619. The molecule has 1 aromatic rings. The van der Waals surface area contributed by atoms with Crippen molar-refractivity contribution in [3.05, 3.63) is 33.3 Å². The van der Waals surface area contributed by atoms with Crippen molar-refractivity contribution in [2.24, 2.45) is 5.84 Å². The number of methoxy groups -OCH3 is 1. The monoisotopic (exact) mass is 334 g/mol. The molecule has 0 bridgehead atoms. The minimum atomic E-state index is -0.209. The zero-order valence-corrected chi connectivity index (χ0v) is 13.3. The van der Waals surface area contributed by atoms with Crippen LogP contribution in [0.4, 0.5) is 0 Å². The molecule has 0 saturated carbocycles. The van der Waals surface area contributed by atoms with E-state index >= 15 is 0 Å². The number of hydrogen-bond donors (Lipinski definition) is 2. The molecule has 0 amide bonds. The molecule has 0 spiro atoms. The number of nitrogens with one attached hydrogen (secondary N) is 1. The second kappa shape index (κ2) is 6.87. The first-order valence-electron chi connectivity index (χ1n) is 5.83. The molecule has 3 nitrogen and oxygen atoms in total. The van der Waals surface area contributed by atoms with Crippen molar-refractivity contribution in [3.8, 4) is 0 Å². The summed E-state index contributed by atoms with van der Waals surface area (Å²) in [6, 6.07) is 6.01. The van der Waals surface area contributed by atoms with Crippen LogP contribution in [-0.4, -0.2) is 18.8 Å². The van der Waals surface area contributed by atoms with Gasteiger partial charge >= 0.3 is 0 Å². The fraction of sp³-hybridized carbons (Fsp3) is 0.538. The van der Waals surface area contributed by atoms with E-state index in [1.54, 1.807) is 7.11 Å². The average molecular weight is 336 g/mol. The molecule has 0 aliphatic heterocycles. The van der Waals surface area contributed by atoms with Crippen LogP contribution in [0.2, 0.25) is 5.02 Å². The second-order valence-corrected chi connectivity index (χ2v) is 6.29. The van der Waals surface area contributed by atoms with Gasteiger partial charge in [-0.25, -0.2) is 0 Å². The molecule has 0 aromatic heterocycles. The maximum Gasteiger partial charge on any atom is 0.0638 e. The summed E-state index contributed by atoms with van der Waals surface area (Å²) in [5.41, 5.74) is 3.70. The van der Waals surface area contributed by atoms with Gasteiger partial charge in [-0.2, -0.15) is 0 Å². The van der Waals surface area contributed by atoms with E-state index in [4.69, 9.17) is 22.2 Å². The van der Waals surface area contributed by atoms with Crippen LogP contribution in [0.25, 0.3) is 0 Å². The summed E-state index contributed by atoms with van der Waals surface area (Å²) in [5.74, 6) is 5.60. The number of benzene rings is 1. The third kappa shape index (κ3) is 4.86. The number of hydrogen-bond acceptors (Lipinski definition) is 3. The highest BCUT2D eigenvalue weighted by Crippen LogP contribution is 2.24. The van der Waals surface area contributed by atoms with Gasteiger partial charge in [-0.1, -0.05) is 33.6 Å². The second-order valence-electron chi connectivity index (χ2n) is 4.97. The average Bonchev–Trinajstić information content (AvgIpc) is 2.31. The Hall–Kier alpha value is -0.130. The molecule has 18 heavy (non-hydrogen) atoms. The van der Waals surface area contributed by atoms with Crippen molar-refractivity contribution < 1.29 is 4.74 Å². The molecule has 1 aromatic carbocycles. The highest BCUT2D eigenvalue weighted by Gasteiger charge is 2.22. The van der Waals surface area contributed by atoms with E-state index < -0.39 is 0 Å². The highest BCUT2D eigenvalue weighted by atomic mass is 79.9. The van der Waals surface area contributed by atoms with Gasteiger partial charge in [-0.05, 0) is 44.4 Å². The molecule has 0 aliphatic rings. The number of nitrogens with two attached hydrogens (primary N) is 1. The van der Waals surface area contributed by atoms with Crippen molar-refractivity contribution in [2.75, 3.05) is 7.11 Å². The van der Waals surface area contributed by atoms with Gasteiger partial charge in [0.25, 0.3) is 0 Å². The minimum absolute atomic E-state index is 0.124. The summed E-state index contributed by atoms with van der Waals surface area (Å²) < 4.78 is 6.40. The van der Waals surface area contributed by atoms with Crippen molar-refractivity contribution in [3.63, 3.8) is 0 Å². The lowest BCUT2D eigenvalue weighted by Gasteiger charge is -2.28. The molecule has 3 N–H and O–H groups in total. The standard InChI is InChI=1S/C13H20BrClN2O/c1-13(2,18-3)8-11(17-16)6-9-4-5-10(14)7-12(9)15/h4-5,7,11,17H,6,8,16H2,1-3H3. The zero-order valence-electron chi connectivity index (χ0n) is 11.0. The van der Waals surface area contributed by atoms with Gasteiger partial charge in [0.1, 0.15) is 0 Å². The molecule has 0 fully saturated rings. The van der Waals surface area contributed by atoms with Crippen molar-refractivity contribution in [1.29, 1.82) is 0 Å². The predicted molar refractivity (Wildman–Crippen MR) is 79.7 cm³/mol. The summed E-state index contributed by atoms with van der Waals surface area (Å²) in [6.45, 7) is 4.08. The molecule has 102 valence electrons. The lowest BCUT2D eigenvalue weighted by atomic mass is 9.94. The largest absolute Gasteiger partial charge is 0.379 e. The van der Waals surface area contributed by atoms with Crippen molar-refractivity contribution in [2.45, 2.75) is 38.3 Å². The van der Waals surface area contributed by atoms with Crippen molar-refractivity contribution >= 4 is 27.5 Å². The Labute approximate surface area is 122 Å². The Morgan fingerprint density at radius 1 is 1.50 bits per heavy atom. The van der Waals surface area contributed by atoms with Gasteiger partial charge < -0.3 is 4.74 Å². The van der Waals surface area contributed by atoms with Crippen LogP contribution in [0, 0.1) is 0 Å². The smallest absolute Gasteiger partial charge is 0.0638 e. The minimum Gasteiger partial charge on any atom is -0.379 e. The Morgan fingerprint density at radius 3 is 2.67 bits per heavy atom. The summed E-state index contributed by atoms with van der Waals surface area (Å²) >= 11 is 9.60. The normalized spacial score (nSPS) is 13.7. The Balaban J connectivity index is 2.74. The summed E-state index contributed by atoms with van der Waals surface area (Å²) in [4.78, 5) is 0. The maximum atomic E-state index is 6.21. The third-order valence-electron chi connectivity index (χ3n) is 3.01. The molecule has 0 saturated heterocycles. The van der Waals surface area contributed by atoms with Crippen LogP contribution < -0.4 is 11.3 Å². The van der Waals surface area contributed by atoms with E-state index in [1.807, 2.05) is 32.0 Å². The van der Waals surface area contributed by atoms with E-state index in [-0.39, 0.29) is 11.6 Å². The molecule has 0 radical (unpaired) electrons. The summed E-state index contributed by atoms with van der Waals surface area (Å²) in [7, 11) is 1.71. The van der Waals surface area contributed by atoms with Gasteiger partial charge in [0.15, 0.2) is 0 Å². The number of halogens is 2. The van der Waals surface area contributed by atoms with Crippen molar-refractivity contribution in [1.82, 2.24) is 5.43 Å². The van der Waals surface area contributed by atoms with Gasteiger partial charge in [-0.15, -0.1) is 0 Å². The van der Waals surface area contributed by atoms with Crippen LogP contribution in [0.3, 0.4) is 0 Å². The summed E-state index contributed by atoms with van der Waals surface area (Å²) in [5, 5.41) is 0.750. The zero-order chi connectivity index (χ0) is 13.8. The lowest BCUT2D eigenvalue weighted by Crippen LogP contribution is -2.42. The fourth-order valence-electron chi connectivity index (χ4n) is 1.82. The van der Waals surface area contributed by atoms with Gasteiger partial charge in [0.05, 0.1) is 5.60 Å². The van der Waals surface area contributed by atoms with Crippen LogP contribution in [0.1, 0.15) is 25.8 Å². The Bertz CT molecular complexity index is 399. The topological polar surface area (TPSA) is 47.3 Å².